The number of rotatable bonds is 4. The summed E-state index contributed by atoms with van der Waals surface area (Å²) < 4.78 is 0. The fourth-order valence-electron chi connectivity index (χ4n) is 0.512. The molecule has 0 amide bonds. The Balaban J connectivity index is 0. The molecule has 1 nitrogen and oxygen atoms in total. The summed E-state index contributed by atoms with van der Waals surface area (Å²) in [5.74, 6) is 0. The molecule has 0 atom stereocenters. The van der Waals surface area contributed by atoms with Crippen LogP contribution in [0, 0.1) is 0 Å². The second-order valence-corrected chi connectivity index (χ2v) is 4.17. The van der Waals surface area contributed by atoms with E-state index >= 15 is 0 Å². The van der Waals surface area contributed by atoms with Gasteiger partial charge in [-0.25, -0.2) is 0 Å². The van der Waals surface area contributed by atoms with Gasteiger partial charge in [0.25, 0.3) is 0 Å². The van der Waals surface area contributed by atoms with Gasteiger partial charge in [0.1, 0.15) is 0 Å². The van der Waals surface area contributed by atoms with Crippen molar-refractivity contribution in [2.45, 2.75) is 38.3 Å². The van der Waals surface area contributed by atoms with Crippen molar-refractivity contribution in [3.05, 3.63) is 5.32 Å². The van der Waals surface area contributed by atoms with E-state index in [0.29, 0.717) is 0 Å². The molecule has 0 saturated carbocycles. The second-order valence-electron chi connectivity index (χ2n) is 1.96. The van der Waals surface area contributed by atoms with E-state index < -0.39 is 0 Å². The number of hydrogen-bond donors (Lipinski definition) is 0. The summed E-state index contributed by atoms with van der Waals surface area (Å²) in [4.78, 5) is 0. The number of hydrogen-bond acceptors (Lipinski definition) is 0. The predicted molar refractivity (Wildman–Crippen MR) is 51.2 cm³/mol. The molecule has 0 saturated heterocycles. The molecule has 10 heavy (non-hydrogen) atoms. The van der Waals surface area contributed by atoms with Crippen LogP contribution in [0.2, 0.25) is 10.6 Å². The van der Waals surface area contributed by atoms with Crippen LogP contribution in [0.4, 0.5) is 0 Å². The molecule has 0 aliphatic heterocycles. The van der Waals surface area contributed by atoms with Gasteiger partial charge in [0.15, 0.2) is 0 Å². The molecule has 0 aromatic heterocycles. The third-order valence-electron chi connectivity index (χ3n) is 1.02. The van der Waals surface area contributed by atoms with Crippen molar-refractivity contribution in [2.24, 2.45) is 0 Å². The summed E-state index contributed by atoms with van der Waals surface area (Å²) >= 11 is 0.815. The Morgan fingerprint density at radius 1 is 0.900 bits per heavy atom. The molecule has 60 valence electrons. The molecule has 0 aromatic carbocycles. The SMILES string of the molecule is CC[N-]CC.C[CH2][Al+][CH2]C. The molecule has 0 spiro atoms. The molecule has 0 N–H and O–H groups in total. The van der Waals surface area contributed by atoms with E-state index in [1.807, 2.05) is 13.8 Å². The summed E-state index contributed by atoms with van der Waals surface area (Å²) in [5, 5.41) is 6.83. The molecule has 0 bridgehead atoms. The van der Waals surface area contributed by atoms with Crippen molar-refractivity contribution >= 4 is 15.2 Å². The summed E-state index contributed by atoms with van der Waals surface area (Å²) in [6.45, 7) is 10.5. The van der Waals surface area contributed by atoms with Crippen LogP contribution < -0.4 is 0 Å². The quantitative estimate of drug-likeness (QED) is 0.557. The minimum absolute atomic E-state index is 0.815. The zero-order valence-corrected chi connectivity index (χ0v) is 9.01. The first-order valence-corrected chi connectivity index (χ1v) is 5.91. The van der Waals surface area contributed by atoms with E-state index in [0.717, 1.165) is 28.3 Å². The van der Waals surface area contributed by atoms with Gasteiger partial charge < -0.3 is 5.32 Å². The van der Waals surface area contributed by atoms with Crippen molar-refractivity contribution < 1.29 is 0 Å². The van der Waals surface area contributed by atoms with Crippen molar-refractivity contribution in [1.29, 1.82) is 0 Å². The van der Waals surface area contributed by atoms with E-state index in [1.165, 1.54) is 10.6 Å². The predicted octanol–water partition coefficient (Wildman–Crippen LogP) is 2.97. The van der Waals surface area contributed by atoms with E-state index in [4.69, 9.17) is 0 Å². The zero-order valence-electron chi connectivity index (χ0n) is 7.85. The normalized spacial score (nSPS) is 7.60. The van der Waals surface area contributed by atoms with E-state index in [1.54, 1.807) is 0 Å². The van der Waals surface area contributed by atoms with Crippen LogP contribution >= 0.6 is 0 Å². The van der Waals surface area contributed by atoms with Crippen LogP contribution in [0.15, 0.2) is 0 Å². The maximum absolute atomic E-state index is 3.97. The number of nitrogens with zero attached hydrogens (tertiary/aromatic N) is 1. The van der Waals surface area contributed by atoms with Crippen LogP contribution in [-0.2, 0) is 0 Å². The minimum atomic E-state index is 0.815. The molecule has 0 rings (SSSR count). The summed E-state index contributed by atoms with van der Waals surface area (Å²) in [5.41, 5.74) is 0. The molecule has 0 fully saturated rings. The van der Waals surface area contributed by atoms with Crippen molar-refractivity contribution in [2.75, 3.05) is 13.1 Å². The van der Waals surface area contributed by atoms with Crippen LogP contribution in [0.25, 0.3) is 5.32 Å². The Bertz CT molecular complexity index is 30.2. The molecular weight excluding hydrogens is 137 g/mol. The van der Waals surface area contributed by atoms with Gasteiger partial charge in [0.2, 0.25) is 0 Å². The Kier molecular flexibility index (Phi) is 21.3. The monoisotopic (exact) mass is 157 g/mol. The molecule has 2 heteroatoms. The van der Waals surface area contributed by atoms with Crippen molar-refractivity contribution in [1.82, 2.24) is 0 Å². The Labute approximate surface area is 72.3 Å². The van der Waals surface area contributed by atoms with Crippen LogP contribution in [0.3, 0.4) is 0 Å². The topological polar surface area (TPSA) is 14.1 Å². The molecule has 0 heterocycles. The Hall–Kier alpha value is 0.492. The van der Waals surface area contributed by atoms with Gasteiger partial charge >= 0.3 is 39.6 Å². The van der Waals surface area contributed by atoms with Gasteiger partial charge in [-0.2, -0.15) is 13.1 Å². The van der Waals surface area contributed by atoms with Gasteiger partial charge in [0.05, 0.1) is 0 Å². The molecule has 0 aliphatic rings. The van der Waals surface area contributed by atoms with E-state index in [-0.39, 0.29) is 0 Å². The average Bonchev–Trinajstić information content (AvgIpc) is 1.93. The molecule has 0 aliphatic carbocycles. The maximum atomic E-state index is 3.97. The Morgan fingerprint density at radius 3 is 1.30 bits per heavy atom. The molecule has 0 radical (unpaired) electrons. The molecule has 0 unspecified atom stereocenters. The molecular formula is C8H20AlN. The van der Waals surface area contributed by atoms with Gasteiger partial charge in [-0.1, -0.05) is 13.8 Å². The first kappa shape index (κ1) is 13.1. The second kappa shape index (κ2) is 16.2. The van der Waals surface area contributed by atoms with E-state index in [2.05, 4.69) is 19.2 Å². The molecule has 0 aromatic rings. The van der Waals surface area contributed by atoms with E-state index in [9.17, 15) is 0 Å². The first-order valence-electron chi connectivity index (χ1n) is 4.28. The van der Waals surface area contributed by atoms with Gasteiger partial charge in [0, 0.05) is 0 Å². The van der Waals surface area contributed by atoms with Crippen molar-refractivity contribution in [3.8, 4) is 0 Å². The zero-order chi connectivity index (χ0) is 8.24. The third kappa shape index (κ3) is 23.6. The first-order chi connectivity index (χ1) is 4.83. The van der Waals surface area contributed by atoms with Crippen LogP contribution in [-0.4, -0.2) is 28.3 Å². The van der Waals surface area contributed by atoms with Gasteiger partial charge in [-0.3, -0.25) is 0 Å². The van der Waals surface area contributed by atoms with Crippen LogP contribution in [0.5, 0.6) is 0 Å². The van der Waals surface area contributed by atoms with Crippen molar-refractivity contribution in [3.63, 3.8) is 0 Å². The Morgan fingerprint density at radius 2 is 1.30 bits per heavy atom. The summed E-state index contributed by atoms with van der Waals surface area (Å²) in [6.07, 6.45) is 0. The summed E-state index contributed by atoms with van der Waals surface area (Å²) in [7, 11) is 0. The van der Waals surface area contributed by atoms with Crippen LogP contribution in [0.1, 0.15) is 27.7 Å². The summed E-state index contributed by atoms with van der Waals surface area (Å²) in [6, 6.07) is 0. The van der Waals surface area contributed by atoms with Gasteiger partial charge in [-0.05, 0) is 0 Å². The van der Waals surface area contributed by atoms with Gasteiger partial charge in [-0.15, -0.1) is 0 Å². The third-order valence-corrected chi connectivity index (χ3v) is 2.18. The fraction of sp³-hybridized carbons (Fsp3) is 1.00. The average molecular weight is 157 g/mol. The standard InChI is InChI=1S/C4H10N.2C2H5.Al/c1-3-5-4-2;2*1-2;/h3-4H2,1-2H3;2*1H2,2H3;/q-1;;;+1. The fourth-order valence-corrected chi connectivity index (χ4v) is 1.09.